The van der Waals surface area contributed by atoms with Crippen molar-refractivity contribution < 1.29 is 0 Å². The SMILES string of the molecule is CCc1c(CNC2CC2)cnn1Cc1ccccc1Cl. The zero-order valence-electron chi connectivity index (χ0n) is 11.8. The molecule has 1 aliphatic rings. The second-order valence-corrected chi connectivity index (χ2v) is 5.78. The van der Waals surface area contributed by atoms with Crippen LogP contribution in [0.5, 0.6) is 0 Å². The standard InChI is InChI=1S/C16H20ClN3/c1-2-16-13(9-18-14-7-8-14)10-19-20(16)11-12-5-3-4-6-15(12)17/h3-6,10,14,18H,2,7-9,11H2,1H3. The number of halogens is 1. The third-order valence-corrected chi connectivity index (χ3v) is 4.18. The van der Waals surface area contributed by atoms with Crippen LogP contribution in [0, 0.1) is 0 Å². The molecule has 1 heterocycles. The highest BCUT2D eigenvalue weighted by molar-refractivity contribution is 6.31. The fourth-order valence-electron chi connectivity index (χ4n) is 2.47. The molecule has 0 atom stereocenters. The van der Waals surface area contributed by atoms with Gasteiger partial charge in [-0.05, 0) is 30.9 Å². The Hall–Kier alpha value is -1.32. The van der Waals surface area contributed by atoms with Gasteiger partial charge in [0.25, 0.3) is 0 Å². The maximum Gasteiger partial charge on any atom is 0.0677 e. The Balaban J connectivity index is 1.76. The molecule has 1 N–H and O–H groups in total. The molecule has 0 bridgehead atoms. The predicted octanol–water partition coefficient (Wildman–Crippen LogP) is 3.40. The van der Waals surface area contributed by atoms with Gasteiger partial charge in [0.05, 0.1) is 12.7 Å². The molecule has 0 saturated heterocycles. The first kappa shape index (κ1) is 13.7. The van der Waals surface area contributed by atoms with Crippen molar-refractivity contribution >= 4 is 11.6 Å². The fourth-order valence-corrected chi connectivity index (χ4v) is 2.67. The van der Waals surface area contributed by atoms with E-state index in [0.717, 1.165) is 36.1 Å². The van der Waals surface area contributed by atoms with Gasteiger partial charge in [-0.2, -0.15) is 5.10 Å². The largest absolute Gasteiger partial charge is 0.310 e. The van der Waals surface area contributed by atoms with E-state index in [9.17, 15) is 0 Å². The van der Waals surface area contributed by atoms with Gasteiger partial charge in [-0.1, -0.05) is 36.7 Å². The molecule has 3 rings (SSSR count). The zero-order chi connectivity index (χ0) is 13.9. The van der Waals surface area contributed by atoms with Gasteiger partial charge in [-0.25, -0.2) is 0 Å². The zero-order valence-corrected chi connectivity index (χ0v) is 12.5. The van der Waals surface area contributed by atoms with Crippen LogP contribution in [0.3, 0.4) is 0 Å². The van der Waals surface area contributed by atoms with Crippen molar-refractivity contribution in [3.8, 4) is 0 Å². The van der Waals surface area contributed by atoms with Gasteiger partial charge in [0.2, 0.25) is 0 Å². The Labute approximate surface area is 124 Å². The van der Waals surface area contributed by atoms with Crippen LogP contribution in [-0.4, -0.2) is 15.8 Å². The van der Waals surface area contributed by atoms with Crippen molar-refractivity contribution in [2.45, 2.75) is 45.3 Å². The van der Waals surface area contributed by atoms with E-state index in [-0.39, 0.29) is 0 Å². The number of aromatic nitrogens is 2. The lowest BCUT2D eigenvalue weighted by molar-refractivity contribution is 0.638. The van der Waals surface area contributed by atoms with E-state index < -0.39 is 0 Å². The Morgan fingerprint density at radius 3 is 2.80 bits per heavy atom. The number of benzene rings is 1. The second kappa shape index (κ2) is 5.98. The molecule has 1 saturated carbocycles. The van der Waals surface area contributed by atoms with Crippen molar-refractivity contribution in [2.75, 3.05) is 0 Å². The van der Waals surface area contributed by atoms with Crippen LogP contribution >= 0.6 is 11.6 Å². The molecule has 106 valence electrons. The highest BCUT2D eigenvalue weighted by Gasteiger charge is 2.21. The summed E-state index contributed by atoms with van der Waals surface area (Å²) in [5.41, 5.74) is 3.73. The smallest absolute Gasteiger partial charge is 0.0677 e. The van der Waals surface area contributed by atoms with Crippen molar-refractivity contribution in [1.29, 1.82) is 0 Å². The van der Waals surface area contributed by atoms with Crippen molar-refractivity contribution in [3.05, 3.63) is 52.3 Å². The third kappa shape index (κ3) is 3.05. The molecule has 0 radical (unpaired) electrons. The summed E-state index contributed by atoms with van der Waals surface area (Å²) >= 11 is 6.23. The Bertz CT molecular complexity index is 587. The molecular formula is C16H20ClN3. The summed E-state index contributed by atoms with van der Waals surface area (Å²) in [6.07, 6.45) is 5.61. The number of rotatable bonds is 6. The topological polar surface area (TPSA) is 29.9 Å². The average molecular weight is 290 g/mol. The van der Waals surface area contributed by atoms with E-state index in [4.69, 9.17) is 11.6 Å². The van der Waals surface area contributed by atoms with E-state index in [0.29, 0.717) is 0 Å². The molecule has 20 heavy (non-hydrogen) atoms. The van der Waals surface area contributed by atoms with Gasteiger partial charge in [0, 0.05) is 28.9 Å². The van der Waals surface area contributed by atoms with E-state index in [2.05, 4.69) is 28.1 Å². The minimum Gasteiger partial charge on any atom is -0.310 e. The van der Waals surface area contributed by atoms with E-state index in [1.165, 1.54) is 24.1 Å². The summed E-state index contributed by atoms with van der Waals surface area (Å²) in [6, 6.07) is 8.70. The van der Waals surface area contributed by atoms with Crippen LogP contribution in [0.4, 0.5) is 0 Å². The molecule has 0 aliphatic heterocycles. The monoisotopic (exact) mass is 289 g/mol. The van der Waals surface area contributed by atoms with Gasteiger partial charge >= 0.3 is 0 Å². The van der Waals surface area contributed by atoms with Crippen molar-refractivity contribution in [2.24, 2.45) is 0 Å². The molecule has 1 aromatic heterocycles. The number of nitrogens with one attached hydrogen (secondary N) is 1. The quantitative estimate of drug-likeness (QED) is 0.883. The van der Waals surface area contributed by atoms with Gasteiger partial charge < -0.3 is 5.32 Å². The van der Waals surface area contributed by atoms with E-state index in [1.54, 1.807) is 0 Å². The van der Waals surface area contributed by atoms with Gasteiger partial charge in [0.15, 0.2) is 0 Å². The van der Waals surface area contributed by atoms with Crippen molar-refractivity contribution in [1.82, 2.24) is 15.1 Å². The van der Waals surface area contributed by atoms with Crippen molar-refractivity contribution in [3.63, 3.8) is 0 Å². The maximum absolute atomic E-state index is 6.23. The van der Waals surface area contributed by atoms with Crippen LogP contribution in [0.25, 0.3) is 0 Å². The maximum atomic E-state index is 6.23. The summed E-state index contributed by atoms with van der Waals surface area (Å²) in [4.78, 5) is 0. The first-order valence-electron chi connectivity index (χ1n) is 7.28. The normalized spacial score (nSPS) is 14.7. The Morgan fingerprint density at radius 2 is 2.10 bits per heavy atom. The third-order valence-electron chi connectivity index (χ3n) is 3.81. The molecule has 4 heteroatoms. The van der Waals surface area contributed by atoms with Gasteiger partial charge in [-0.3, -0.25) is 4.68 Å². The highest BCUT2D eigenvalue weighted by Crippen LogP contribution is 2.21. The summed E-state index contributed by atoms with van der Waals surface area (Å²) in [7, 11) is 0. The van der Waals surface area contributed by atoms with E-state index in [1.807, 2.05) is 24.4 Å². The van der Waals surface area contributed by atoms with Crippen LogP contribution in [0.1, 0.15) is 36.6 Å². The molecule has 1 fully saturated rings. The predicted molar refractivity (Wildman–Crippen MR) is 82.0 cm³/mol. The van der Waals surface area contributed by atoms with Crippen LogP contribution in [0.15, 0.2) is 30.5 Å². The summed E-state index contributed by atoms with van der Waals surface area (Å²) in [5, 5.41) is 8.90. The molecule has 0 spiro atoms. The van der Waals surface area contributed by atoms with E-state index >= 15 is 0 Å². The van der Waals surface area contributed by atoms with Gasteiger partial charge in [-0.15, -0.1) is 0 Å². The molecule has 1 aliphatic carbocycles. The first-order chi connectivity index (χ1) is 9.78. The lowest BCUT2D eigenvalue weighted by Crippen LogP contribution is -2.16. The first-order valence-corrected chi connectivity index (χ1v) is 7.66. The lowest BCUT2D eigenvalue weighted by atomic mass is 10.2. The lowest BCUT2D eigenvalue weighted by Gasteiger charge is -2.09. The summed E-state index contributed by atoms with van der Waals surface area (Å²) in [6.45, 7) is 3.85. The molecule has 1 aromatic carbocycles. The minimum atomic E-state index is 0.728. The van der Waals surface area contributed by atoms with Crippen LogP contribution in [-0.2, 0) is 19.5 Å². The molecule has 0 amide bonds. The highest BCUT2D eigenvalue weighted by atomic mass is 35.5. The second-order valence-electron chi connectivity index (χ2n) is 5.37. The number of hydrogen-bond donors (Lipinski definition) is 1. The average Bonchev–Trinajstić information content (AvgIpc) is 3.20. The fraction of sp³-hybridized carbons (Fsp3) is 0.438. The summed E-state index contributed by atoms with van der Waals surface area (Å²) < 4.78 is 2.07. The van der Waals surface area contributed by atoms with Crippen LogP contribution in [0.2, 0.25) is 5.02 Å². The molecule has 0 unspecified atom stereocenters. The summed E-state index contributed by atoms with van der Waals surface area (Å²) in [5.74, 6) is 0. The minimum absolute atomic E-state index is 0.728. The Morgan fingerprint density at radius 1 is 1.30 bits per heavy atom. The van der Waals surface area contributed by atoms with Gasteiger partial charge in [0.1, 0.15) is 0 Å². The molecule has 3 nitrogen and oxygen atoms in total. The molecular weight excluding hydrogens is 270 g/mol. The molecule has 2 aromatic rings. The number of nitrogens with zero attached hydrogens (tertiary/aromatic N) is 2. The number of hydrogen-bond acceptors (Lipinski definition) is 2. The Kier molecular flexibility index (Phi) is 4.08. The van der Waals surface area contributed by atoms with Crippen LogP contribution < -0.4 is 5.32 Å².